The van der Waals surface area contributed by atoms with Crippen LogP contribution in [0.4, 0.5) is 4.39 Å². The van der Waals surface area contributed by atoms with Gasteiger partial charge in [-0.25, -0.2) is 4.39 Å². The van der Waals surface area contributed by atoms with E-state index in [1.54, 1.807) is 0 Å². The van der Waals surface area contributed by atoms with Crippen LogP contribution in [0.2, 0.25) is 5.02 Å². The number of halogens is 2. The minimum atomic E-state index is -0.282. The first kappa shape index (κ1) is 12.7. The molecule has 0 amide bonds. The molecule has 1 aliphatic carbocycles. The minimum Gasteiger partial charge on any atom is -0.356 e. The molecule has 1 heterocycles. The molecule has 2 aliphatic rings. The first-order valence-corrected chi connectivity index (χ1v) is 7.05. The van der Waals surface area contributed by atoms with Gasteiger partial charge in [-0.3, -0.25) is 4.99 Å². The highest BCUT2D eigenvalue weighted by Gasteiger charge is 2.45. The van der Waals surface area contributed by atoms with E-state index >= 15 is 0 Å². The standard InChI is InChI=1S/C14H17ClFN3/c15-12-8-10(16)2-3-11(12)14(4-5-14)9-19-13-17-6-1-7-18-13/h2-3,8H,1,4-7,9H2,(H2,17,18,19). The summed E-state index contributed by atoms with van der Waals surface area (Å²) in [6.45, 7) is 2.64. The zero-order valence-corrected chi connectivity index (χ0v) is 11.4. The van der Waals surface area contributed by atoms with Gasteiger partial charge in [0.1, 0.15) is 5.82 Å². The Kier molecular flexibility index (Phi) is 3.35. The Morgan fingerprint density at radius 3 is 2.89 bits per heavy atom. The molecule has 1 saturated carbocycles. The lowest BCUT2D eigenvalue weighted by Crippen LogP contribution is -2.43. The molecule has 3 nitrogen and oxygen atoms in total. The van der Waals surface area contributed by atoms with Crippen LogP contribution >= 0.6 is 11.6 Å². The van der Waals surface area contributed by atoms with Crippen molar-refractivity contribution >= 4 is 17.6 Å². The van der Waals surface area contributed by atoms with Crippen LogP contribution in [0.5, 0.6) is 0 Å². The number of hydrogen-bond donors (Lipinski definition) is 2. The molecule has 19 heavy (non-hydrogen) atoms. The molecule has 0 radical (unpaired) electrons. The van der Waals surface area contributed by atoms with E-state index in [2.05, 4.69) is 15.6 Å². The van der Waals surface area contributed by atoms with Crippen LogP contribution in [0.1, 0.15) is 24.8 Å². The molecule has 0 bridgehead atoms. The number of guanidine groups is 1. The van der Waals surface area contributed by atoms with Crippen molar-refractivity contribution in [2.45, 2.75) is 24.7 Å². The highest BCUT2D eigenvalue weighted by Crippen LogP contribution is 2.50. The SMILES string of the molecule is Fc1ccc(C2(CNC3=NCCCN3)CC2)c(Cl)c1. The topological polar surface area (TPSA) is 36.4 Å². The van der Waals surface area contributed by atoms with Crippen molar-refractivity contribution in [2.24, 2.45) is 4.99 Å². The summed E-state index contributed by atoms with van der Waals surface area (Å²) in [6, 6.07) is 4.69. The fourth-order valence-corrected chi connectivity index (χ4v) is 2.88. The third-order valence-corrected chi connectivity index (χ3v) is 4.16. The van der Waals surface area contributed by atoms with Crippen LogP contribution in [-0.4, -0.2) is 25.6 Å². The molecule has 0 aromatic heterocycles. The summed E-state index contributed by atoms with van der Waals surface area (Å²) in [4.78, 5) is 4.39. The van der Waals surface area contributed by atoms with E-state index < -0.39 is 0 Å². The lowest BCUT2D eigenvalue weighted by molar-refractivity contribution is 0.613. The summed E-state index contributed by atoms with van der Waals surface area (Å²) >= 11 is 6.16. The maximum Gasteiger partial charge on any atom is 0.191 e. The minimum absolute atomic E-state index is 0.0480. The highest BCUT2D eigenvalue weighted by molar-refractivity contribution is 6.31. The molecule has 3 rings (SSSR count). The molecule has 1 aromatic carbocycles. The van der Waals surface area contributed by atoms with Gasteiger partial charge in [0.05, 0.1) is 0 Å². The van der Waals surface area contributed by atoms with Crippen molar-refractivity contribution in [2.75, 3.05) is 19.6 Å². The van der Waals surface area contributed by atoms with Gasteiger partial charge in [0, 0.05) is 30.1 Å². The van der Waals surface area contributed by atoms with Crippen LogP contribution in [0, 0.1) is 5.82 Å². The average molecular weight is 282 g/mol. The number of nitrogens with zero attached hydrogens (tertiary/aromatic N) is 1. The summed E-state index contributed by atoms with van der Waals surface area (Å²) < 4.78 is 13.1. The Morgan fingerprint density at radius 2 is 2.26 bits per heavy atom. The first-order chi connectivity index (χ1) is 9.20. The summed E-state index contributed by atoms with van der Waals surface area (Å²) in [5.41, 5.74) is 1.09. The van der Waals surface area contributed by atoms with Crippen LogP contribution in [0.3, 0.4) is 0 Å². The zero-order valence-electron chi connectivity index (χ0n) is 10.7. The van der Waals surface area contributed by atoms with Crippen LogP contribution in [-0.2, 0) is 5.41 Å². The summed E-state index contributed by atoms with van der Waals surface area (Å²) in [7, 11) is 0. The number of rotatable bonds is 3. The molecule has 0 saturated heterocycles. The molecule has 1 aromatic rings. The zero-order chi connectivity index (χ0) is 13.3. The Bertz CT molecular complexity index is 511. The maximum atomic E-state index is 13.1. The van der Waals surface area contributed by atoms with Crippen molar-refractivity contribution in [3.63, 3.8) is 0 Å². The third kappa shape index (κ3) is 2.68. The predicted octanol–water partition coefficient (Wildman–Crippen LogP) is 2.45. The van der Waals surface area contributed by atoms with Crippen molar-refractivity contribution < 1.29 is 4.39 Å². The van der Waals surface area contributed by atoms with E-state index in [0.717, 1.165) is 50.4 Å². The molecule has 5 heteroatoms. The van der Waals surface area contributed by atoms with Gasteiger partial charge in [-0.1, -0.05) is 17.7 Å². The smallest absolute Gasteiger partial charge is 0.191 e. The predicted molar refractivity (Wildman–Crippen MR) is 75.2 cm³/mol. The fourth-order valence-electron chi connectivity index (χ4n) is 2.52. The second kappa shape index (κ2) is 5.00. The molecule has 2 N–H and O–H groups in total. The van der Waals surface area contributed by atoms with Gasteiger partial charge in [-0.05, 0) is 37.0 Å². The normalized spacial score (nSPS) is 20.4. The molecule has 1 aliphatic heterocycles. The molecular formula is C14H17ClFN3. The van der Waals surface area contributed by atoms with Gasteiger partial charge < -0.3 is 10.6 Å². The first-order valence-electron chi connectivity index (χ1n) is 6.67. The summed E-state index contributed by atoms with van der Waals surface area (Å²) in [6.07, 6.45) is 3.25. The average Bonchev–Trinajstić information content (AvgIpc) is 3.19. The number of nitrogens with one attached hydrogen (secondary N) is 2. The van der Waals surface area contributed by atoms with E-state index in [9.17, 15) is 4.39 Å². The number of benzene rings is 1. The van der Waals surface area contributed by atoms with Gasteiger partial charge in [0.25, 0.3) is 0 Å². The second-order valence-corrected chi connectivity index (χ2v) is 5.68. The lowest BCUT2D eigenvalue weighted by Gasteiger charge is -2.21. The van der Waals surface area contributed by atoms with Gasteiger partial charge in [0.2, 0.25) is 0 Å². The van der Waals surface area contributed by atoms with E-state index in [1.165, 1.54) is 12.1 Å². The Labute approximate surface area is 117 Å². The van der Waals surface area contributed by atoms with E-state index in [-0.39, 0.29) is 11.2 Å². The maximum absolute atomic E-state index is 13.1. The van der Waals surface area contributed by atoms with E-state index in [1.807, 2.05) is 6.07 Å². The van der Waals surface area contributed by atoms with Crippen LogP contribution in [0.25, 0.3) is 0 Å². The molecule has 102 valence electrons. The van der Waals surface area contributed by atoms with Crippen molar-refractivity contribution in [3.05, 3.63) is 34.6 Å². The fraction of sp³-hybridized carbons (Fsp3) is 0.500. The van der Waals surface area contributed by atoms with Crippen molar-refractivity contribution in [1.29, 1.82) is 0 Å². The van der Waals surface area contributed by atoms with Gasteiger partial charge in [-0.2, -0.15) is 0 Å². The van der Waals surface area contributed by atoms with E-state index in [4.69, 9.17) is 11.6 Å². The van der Waals surface area contributed by atoms with Crippen LogP contribution < -0.4 is 10.6 Å². The van der Waals surface area contributed by atoms with Gasteiger partial charge >= 0.3 is 0 Å². The van der Waals surface area contributed by atoms with E-state index in [0.29, 0.717) is 5.02 Å². The highest BCUT2D eigenvalue weighted by atomic mass is 35.5. The quantitative estimate of drug-likeness (QED) is 0.893. The molecule has 0 spiro atoms. The van der Waals surface area contributed by atoms with Gasteiger partial charge in [-0.15, -0.1) is 0 Å². The summed E-state index contributed by atoms with van der Waals surface area (Å²) in [5.74, 6) is 0.589. The number of hydrogen-bond acceptors (Lipinski definition) is 3. The molecule has 0 unspecified atom stereocenters. The molecule has 0 atom stereocenters. The Morgan fingerprint density at radius 1 is 1.42 bits per heavy atom. The van der Waals surface area contributed by atoms with Gasteiger partial charge in [0.15, 0.2) is 5.96 Å². The summed E-state index contributed by atoms with van der Waals surface area (Å²) in [5, 5.41) is 7.12. The van der Waals surface area contributed by atoms with Crippen LogP contribution in [0.15, 0.2) is 23.2 Å². The molecular weight excluding hydrogens is 265 g/mol. The number of aliphatic imine (C=N–C) groups is 1. The second-order valence-electron chi connectivity index (χ2n) is 5.27. The monoisotopic (exact) mass is 281 g/mol. The largest absolute Gasteiger partial charge is 0.356 e. The molecule has 1 fully saturated rings. The van der Waals surface area contributed by atoms with Crippen molar-refractivity contribution in [1.82, 2.24) is 10.6 Å². The third-order valence-electron chi connectivity index (χ3n) is 3.85. The Balaban J connectivity index is 1.71. The Hall–Kier alpha value is -1.29. The lowest BCUT2D eigenvalue weighted by atomic mass is 9.96. The van der Waals surface area contributed by atoms with Crippen molar-refractivity contribution in [3.8, 4) is 0 Å².